The van der Waals surface area contributed by atoms with Crippen molar-refractivity contribution in [2.24, 2.45) is 11.8 Å². The molecule has 0 saturated carbocycles. The molecular formula is C19H27NO5. The molecule has 1 aliphatic heterocycles. The average Bonchev–Trinajstić information content (AvgIpc) is 2.59. The van der Waals surface area contributed by atoms with Gasteiger partial charge in [0.25, 0.3) is 5.91 Å². The van der Waals surface area contributed by atoms with Crippen LogP contribution < -0.4 is 9.47 Å². The number of amides is 1. The summed E-state index contributed by atoms with van der Waals surface area (Å²) in [6, 6.07) is 5.22. The number of hydrogen-bond donors (Lipinski definition) is 1. The molecule has 2 atom stereocenters. The summed E-state index contributed by atoms with van der Waals surface area (Å²) in [5.41, 5.74) is 0.535. The number of rotatable bonds is 7. The lowest BCUT2D eigenvalue weighted by Gasteiger charge is -2.35. The maximum atomic E-state index is 12.8. The van der Waals surface area contributed by atoms with Crippen LogP contribution in [0.15, 0.2) is 18.2 Å². The van der Waals surface area contributed by atoms with Crippen LogP contribution in [0.2, 0.25) is 0 Å². The van der Waals surface area contributed by atoms with Crippen molar-refractivity contribution in [3.63, 3.8) is 0 Å². The zero-order valence-electron chi connectivity index (χ0n) is 15.2. The number of carboxylic acid groups (broad SMARTS) is 1. The first-order chi connectivity index (χ1) is 12.0. The Morgan fingerprint density at radius 1 is 1.24 bits per heavy atom. The van der Waals surface area contributed by atoms with Crippen LogP contribution in [0, 0.1) is 11.8 Å². The van der Waals surface area contributed by atoms with Crippen molar-refractivity contribution in [2.45, 2.75) is 33.6 Å². The summed E-state index contributed by atoms with van der Waals surface area (Å²) in [5, 5.41) is 9.21. The van der Waals surface area contributed by atoms with Crippen LogP contribution in [-0.4, -0.2) is 48.2 Å². The van der Waals surface area contributed by atoms with Crippen molar-refractivity contribution >= 4 is 11.9 Å². The molecule has 1 aromatic carbocycles. The van der Waals surface area contributed by atoms with E-state index in [0.29, 0.717) is 49.8 Å². The standard InChI is InChI=1S/C19H27NO5/c1-4-10-25-16-7-6-14(11-17(16)24-5-2)18(21)20-9-8-15(19(22)23)13(3)12-20/h6-7,11,13,15H,4-5,8-10,12H2,1-3H3,(H,22,23). The van der Waals surface area contributed by atoms with Crippen molar-refractivity contribution in [1.29, 1.82) is 0 Å². The number of carboxylic acids is 1. The Balaban J connectivity index is 2.13. The molecule has 1 amide bonds. The molecule has 1 fully saturated rings. The zero-order chi connectivity index (χ0) is 18.4. The number of ether oxygens (including phenoxy) is 2. The number of likely N-dealkylation sites (tertiary alicyclic amines) is 1. The van der Waals surface area contributed by atoms with Crippen molar-refractivity contribution in [1.82, 2.24) is 4.90 Å². The van der Waals surface area contributed by atoms with Crippen molar-refractivity contribution < 1.29 is 24.2 Å². The van der Waals surface area contributed by atoms with Crippen molar-refractivity contribution in [2.75, 3.05) is 26.3 Å². The smallest absolute Gasteiger partial charge is 0.306 e. The minimum Gasteiger partial charge on any atom is -0.490 e. The van der Waals surface area contributed by atoms with E-state index in [9.17, 15) is 14.7 Å². The van der Waals surface area contributed by atoms with E-state index in [1.54, 1.807) is 23.1 Å². The largest absolute Gasteiger partial charge is 0.490 e. The maximum Gasteiger partial charge on any atom is 0.306 e. The van der Waals surface area contributed by atoms with Crippen molar-refractivity contribution in [3.05, 3.63) is 23.8 Å². The topological polar surface area (TPSA) is 76.1 Å². The average molecular weight is 349 g/mol. The number of piperidine rings is 1. The Hall–Kier alpha value is -2.24. The molecule has 6 nitrogen and oxygen atoms in total. The van der Waals surface area contributed by atoms with Crippen LogP contribution in [0.5, 0.6) is 11.5 Å². The third-order valence-electron chi connectivity index (χ3n) is 4.46. The van der Waals surface area contributed by atoms with Crippen LogP contribution in [0.4, 0.5) is 0 Å². The molecule has 0 spiro atoms. The quantitative estimate of drug-likeness (QED) is 0.819. The highest BCUT2D eigenvalue weighted by Crippen LogP contribution is 2.30. The number of hydrogen-bond acceptors (Lipinski definition) is 4. The van der Waals surface area contributed by atoms with E-state index in [1.807, 2.05) is 20.8 Å². The van der Waals surface area contributed by atoms with Gasteiger partial charge in [0.2, 0.25) is 0 Å². The van der Waals surface area contributed by atoms with Gasteiger partial charge in [0.05, 0.1) is 19.1 Å². The number of aliphatic carboxylic acids is 1. The Bertz CT molecular complexity index is 616. The van der Waals surface area contributed by atoms with Gasteiger partial charge in [-0.05, 0) is 43.9 Å². The fourth-order valence-corrected chi connectivity index (χ4v) is 3.12. The predicted octanol–water partition coefficient (Wildman–Crippen LogP) is 3.06. The lowest BCUT2D eigenvalue weighted by Crippen LogP contribution is -2.45. The second-order valence-electron chi connectivity index (χ2n) is 6.40. The van der Waals surface area contributed by atoms with Gasteiger partial charge in [-0.15, -0.1) is 0 Å². The van der Waals surface area contributed by atoms with Gasteiger partial charge < -0.3 is 19.5 Å². The molecule has 2 rings (SSSR count). The molecule has 1 heterocycles. The molecule has 0 aromatic heterocycles. The van der Waals surface area contributed by atoms with Crippen LogP contribution in [-0.2, 0) is 4.79 Å². The molecule has 1 aromatic rings. The molecule has 1 saturated heterocycles. The first-order valence-electron chi connectivity index (χ1n) is 8.89. The highest BCUT2D eigenvalue weighted by molar-refractivity contribution is 5.95. The second kappa shape index (κ2) is 8.74. The predicted molar refractivity (Wildman–Crippen MR) is 94.2 cm³/mol. The summed E-state index contributed by atoms with van der Waals surface area (Å²) in [6.45, 7) is 7.78. The summed E-state index contributed by atoms with van der Waals surface area (Å²) in [6.07, 6.45) is 1.38. The zero-order valence-corrected chi connectivity index (χ0v) is 15.2. The first-order valence-corrected chi connectivity index (χ1v) is 8.89. The fraction of sp³-hybridized carbons (Fsp3) is 0.579. The van der Waals surface area contributed by atoms with Crippen LogP contribution in [0.3, 0.4) is 0 Å². The van der Waals surface area contributed by atoms with E-state index in [1.165, 1.54) is 0 Å². The Morgan fingerprint density at radius 3 is 2.60 bits per heavy atom. The van der Waals surface area contributed by atoms with Gasteiger partial charge in [-0.25, -0.2) is 0 Å². The van der Waals surface area contributed by atoms with Gasteiger partial charge in [-0.1, -0.05) is 13.8 Å². The minimum atomic E-state index is -0.782. The van der Waals surface area contributed by atoms with E-state index in [2.05, 4.69) is 0 Å². The molecule has 0 bridgehead atoms. The van der Waals surface area contributed by atoms with Gasteiger partial charge in [0, 0.05) is 18.7 Å². The van der Waals surface area contributed by atoms with Gasteiger partial charge in [0.1, 0.15) is 0 Å². The maximum absolute atomic E-state index is 12.8. The van der Waals surface area contributed by atoms with Crippen LogP contribution in [0.1, 0.15) is 44.0 Å². The van der Waals surface area contributed by atoms with Crippen molar-refractivity contribution in [3.8, 4) is 11.5 Å². The lowest BCUT2D eigenvalue weighted by atomic mass is 9.87. The molecule has 25 heavy (non-hydrogen) atoms. The third kappa shape index (κ3) is 4.65. The third-order valence-corrected chi connectivity index (χ3v) is 4.46. The Kier molecular flexibility index (Phi) is 6.67. The normalized spacial score (nSPS) is 20.2. The molecule has 0 radical (unpaired) electrons. The van der Waals surface area contributed by atoms with Crippen LogP contribution >= 0.6 is 0 Å². The molecular weight excluding hydrogens is 322 g/mol. The van der Waals surface area contributed by atoms with Gasteiger partial charge in [0.15, 0.2) is 11.5 Å². The SMILES string of the molecule is CCCOc1ccc(C(=O)N2CCC(C(=O)O)C(C)C2)cc1OCC. The van der Waals surface area contributed by atoms with E-state index in [-0.39, 0.29) is 17.7 Å². The van der Waals surface area contributed by atoms with E-state index >= 15 is 0 Å². The molecule has 1 aliphatic rings. The number of nitrogens with zero attached hydrogens (tertiary/aromatic N) is 1. The number of carbonyl (C=O) groups is 2. The summed E-state index contributed by atoms with van der Waals surface area (Å²) in [5.74, 6) is -0.121. The van der Waals surface area contributed by atoms with Gasteiger partial charge in [-0.3, -0.25) is 9.59 Å². The molecule has 138 valence electrons. The van der Waals surface area contributed by atoms with E-state index in [4.69, 9.17) is 9.47 Å². The molecule has 2 unspecified atom stereocenters. The summed E-state index contributed by atoms with van der Waals surface area (Å²) < 4.78 is 11.3. The highest BCUT2D eigenvalue weighted by Gasteiger charge is 2.33. The monoisotopic (exact) mass is 349 g/mol. The summed E-state index contributed by atoms with van der Waals surface area (Å²) in [7, 11) is 0. The first kappa shape index (κ1) is 19.1. The van der Waals surface area contributed by atoms with Gasteiger partial charge in [-0.2, -0.15) is 0 Å². The van der Waals surface area contributed by atoms with E-state index < -0.39 is 5.97 Å². The minimum absolute atomic E-state index is 0.0614. The van der Waals surface area contributed by atoms with E-state index in [0.717, 1.165) is 6.42 Å². The molecule has 1 N–H and O–H groups in total. The molecule has 0 aliphatic carbocycles. The number of benzene rings is 1. The Morgan fingerprint density at radius 2 is 2.00 bits per heavy atom. The lowest BCUT2D eigenvalue weighted by molar-refractivity contribution is -0.145. The summed E-state index contributed by atoms with van der Waals surface area (Å²) in [4.78, 5) is 25.7. The number of carbonyl (C=O) groups excluding carboxylic acids is 1. The highest BCUT2D eigenvalue weighted by atomic mass is 16.5. The second-order valence-corrected chi connectivity index (χ2v) is 6.40. The molecule has 6 heteroatoms. The fourth-order valence-electron chi connectivity index (χ4n) is 3.12. The Labute approximate surface area is 148 Å². The van der Waals surface area contributed by atoms with Gasteiger partial charge >= 0.3 is 5.97 Å². The van der Waals surface area contributed by atoms with Crippen LogP contribution in [0.25, 0.3) is 0 Å². The summed E-state index contributed by atoms with van der Waals surface area (Å²) >= 11 is 0.